The third-order valence-electron chi connectivity index (χ3n) is 5.07. The molecule has 19 heavy (non-hydrogen) atoms. The molecule has 0 aliphatic heterocycles. The minimum atomic E-state index is 0.600. The van der Waals surface area contributed by atoms with E-state index >= 15 is 0 Å². The van der Waals surface area contributed by atoms with Crippen LogP contribution < -0.4 is 10.1 Å². The Kier molecular flexibility index (Phi) is 3.30. The lowest BCUT2D eigenvalue weighted by Crippen LogP contribution is -2.41. The first kappa shape index (κ1) is 13.0. The highest BCUT2D eigenvalue weighted by atomic mass is 16.5. The van der Waals surface area contributed by atoms with E-state index < -0.39 is 0 Å². The van der Waals surface area contributed by atoms with Crippen molar-refractivity contribution in [3.8, 4) is 5.75 Å². The molecule has 1 aromatic rings. The van der Waals surface area contributed by atoms with Crippen LogP contribution in [-0.2, 0) is 0 Å². The number of methoxy groups -OCH3 is 1. The maximum Gasteiger partial charge on any atom is 0.119 e. The summed E-state index contributed by atoms with van der Waals surface area (Å²) in [5.41, 5.74) is 2.03. The van der Waals surface area contributed by atoms with Gasteiger partial charge in [-0.15, -0.1) is 0 Å². The van der Waals surface area contributed by atoms with Gasteiger partial charge in [-0.2, -0.15) is 0 Å². The summed E-state index contributed by atoms with van der Waals surface area (Å²) in [6.45, 7) is 5.96. The van der Waals surface area contributed by atoms with E-state index in [2.05, 4.69) is 37.4 Å². The second-order valence-corrected chi connectivity index (χ2v) is 6.94. The fourth-order valence-corrected chi connectivity index (χ4v) is 3.19. The molecule has 2 aliphatic carbocycles. The molecule has 2 heteroatoms. The second kappa shape index (κ2) is 4.82. The van der Waals surface area contributed by atoms with Crippen LogP contribution in [0.1, 0.15) is 44.6 Å². The van der Waals surface area contributed by atoms with Crippen molar-refractivity contribution in [3.63, 3.8) is 0 Å². The predicted octanol–water partition coefficient (Wildman–Crippen LogP) is 3.58. The van der Waals surface area contributed by atoms with E-state index in [1.807, 2.05) is 6.07 Å². The molecule has 2 nitrogen and oxygen atoms in total. The van der Waals surface area contributed by atoms with Crippen LogP contribution in [0.2, 0.25) is 0 Å². The second-order valence-electron chi connectivity index (χ2n) is 6.94. The zero-order valence-electron chi connectivity index (χ0n) is 12.3. The molecule has 2 fully saturated rings. The average molecular weight is 259 g/mol. The smallest absolute Gasteiger partial charge is 0.119 e. The van der Waals surface area contributed by atoms with Crippen molar-refractivity contribution in [1.29, 1.82) is 0 Å². The minimum Gasteiger partial charge on any atom is -0.497 e. The van der Waals surface area contributed by atoms with Crippen LogP contribution in [0.3, 0.4) is 0 Å². The van der Waals surface area contributed by atoms with Gasteiger partial charge in [0.1, 0.15) is 5.75 Å². The van der Waals surface area contributed by atoms with E-state index in [9.17, 15) is 0 Å². The van der Waals surface area contributed by atoms with E-state index in [0.717, 1.165) is 23.6 Å². The SMILES string of the molecule is COc1cccc(C2CC(NCC3CC3(C)C)C2)c1. The standard InChI is InChI=1S/C17H25NO/c1-17(2)10-14(17)11-18-15-7-13(8-15)12-5-4-6-16(9-12)19-3/h4-6,9,13-15,18H,7-8,10-11H2,1-3H3. The summed E-state index contributed by atoms with van der Waals surface area (Å²) in [5, 5.41) is 3.73. The Balaban J connectivity index is 1.44. The molecule has 0 bridgehead atoms. The molecular weight excluding hydrogens is 234 g/mol. The molecule has 3 rings (SSSR count). The Morgan fingerprint density at radius 3 is 2.68 bits per heavy atom. The van der Waals surface area contributed by atoms with Crippen molar-refractivity contribution in [3.05, 3.63) is 29.8 Å². The summed E-state index contributed by atoms with van der Waals surface area (Å²) >= 11 is 0. The van der Waals surface area contributed by atoms with Crippen molar-refractivity contribution in [2.75, 3.05) is 13.7 Å². The molecule has 0 radical (unpaired) electrons. The van der Waals surface area contributed by atoms with Gasteiger partial charge in [-0.05, 0) is 60.8 Å². The first-order chi connectivity index (χ1) is 9.08. The molecule has 1 N–H and O–H groups in total. The minimum absolute atomic E-state index is 0.600. The van der Waals surface area contributed by atoms with E-state index in [0.29, 0.717) is 5.41 Å². The molecule has 0 aromatic heterocycles. The summed E-state index contributed by atoms with van der Waals surface area (Å²) in [6, 6.07) is 9.26. The van der Waals surface area contributed by atoms with Crippen LogP contribution in [0.15, 0.2) is 24.3 Å². The van der Waals surface area contributed by atoms with Crippen molar-refractivity contribution < 1.29 is 4.74 Å². The number of hydrogen-bond acceptors (Lipinski definition) is 2. The molecule has 1 atom stereocenters. The molecule has 0 amide bonds. The third-order valence-corrected chi connectivity index (χ3v) is 5.07. The molecule has 2 aliphatic rings. The van der Waals surface area contributed by atoms with Gasteiger partial charge in [-0.1, -0.05) is 26.0 Å². The molecule has 2 saturated carbocycles. The van der Waals surface area contributed by atoms with E-state index in [1.165, 1.54) is 31.4 Å². The number of nitrogens with one attached hydrogen (secondary N) is 1. The van der Waals surface area contributed by atoms with Crippen molar-refractivity contribution in [2.24, 2.45) is 11.3 Å². The molecule has 0 saturated heterocycles. The topological polar surface area (TPSA) is 21.3 Å². The first-order valence-electron chi connectivity index (χ1n) is 7.46. The van der Waals surface area contributed by atoms with Gasteiger partial charge >= 0.3 is 0 Å². The molecular formula is C17H25NO. The van der Waals surface area contributed by atoms with Gasteiger partial charge in [0.05, 0.1) is 7.11 Å². The number of rotatable bonds is 5. The molecule has 1 unspecified atom stereocenters. The van der Waals surface area contributed by atoms with Crippen LogP contribution in [0.4, 0.5) is 0 Å². The summed E-state index contributed by atoms with van der Waals surface area (Å²) in [6.07, 6.45) is 3.95. The van der Waals surface area contributed by atoms with E-state index in [1.54, 1.807) is 7.11 Å². The average Bonchev–Trinajstić information content (AvgIpc) is 2.95. The van der Waals surface area contributed by atoms with Crippen LogP contribution in [0.25, 0.3) is 0 Å². The molecule has 0 heterocycles. The quantitative estimate of drug-likeness (QED) is 0.872. The fraction of sp³-hybridized carbons (Fsp3) is 0.647. The summed E-state index contributed by atoms with van der Waals surface area (Å²) < 4.78 is 5.29. The van der Waals surface area contributed by atoms with E-state index in [-0.39, 0.29) is 0 Å². The van der Waals surface area contributed by atoms with Crippen LogP contribution in [0, 0.1) is 11.3 Å². The Morgan fingerprint density at radius 1 is 1.32 bits per heavy atom. The Morgan fingerprint density at radius 2 is 2.05 bits per heavy atom. The monoisotopic (exact) mass is 259 g/mol. The first-order valence-corrected chi connectivity index (χ1v) is 7.46. The largest absolute Gasteiger partial charge is 0.497 e. The highest BCUT2D eigenvalue weighted by molar-refractivity contribution is 5.32. The van der Waals surface area contributed by atoms with Gasteiger partial charge in [0, 0.05) is 6.04 Å². The summed E-state index contributed by atoms with van der Waals surface area (Å²) in [7, 11) is 1.74. The molecule has 1 aromatic carbocycles. The zero-order chi connectivity index (χ0) is 13.5. The van der Waals surface area contributed by atoms with E-state index in [4.69, 9.17) is 4.74 Å². The van der Waals surface area contributed by atoms with Gasteiger partial charge in [0.25, 0.3) is 0 Å². The lowest BCUT2D eigenvalue weighted by Gasteiger charge is -2.36. The Bertz CT molecular complexity index is 448. The van der Waals surface area contributed by atoms with Gasteiger partial charge in [0.15, 0.2) is 0 Å². The Hall–Kier alpha value is -1.02. The lowest BCUT2D eigenvalue weighted by atomic mass is 9.76. The molecule has 0 spiro atoms. The van der Waals surface area contributed by atoms with Crippen molar-refractivity contribution in [2.45, 2.75) is 45.1 Å². The summed E-state index contributed by atoms with van der Waals surface area (Å²) in [5.74, 6) is 2.61. The highest BCUT2D eigenvalue weighted by Crippen LogP contribution is 2.51. The fourth-order valence-electron chi connectivity index (χ4n) is 3.19. The van der Waals surface area contributed by atoms with Crippen LogP contribution in [-0.4, -0.2) is 19.7 Å². The number of hydrogen-bond donors (Lipinski definition) is 1. The number of ether oxygens (including phenoxy) is 1. The maximum atomic E-state index is 5.29. The Labute approximate surface area is 116 Å². The maximum absolute atomic E-state index is 5.29. The van der Waals surface area contributed by atoms with Gasteiger partial charge in [-0.3, -0.25) is 0 Å². The lowest BCUT2D eigenvalue weighted by molar-refractivity contribution is 0.283. The third kappa shape index (κ3) is 2.79. The van der Waals surface area contributed by atoms with Crippen LogP contribution >= 0.6 is 0 Å². The van der Waals surface area contributed by atoms with Gasteiger partial charge < -0.3 is 10.1 Å². The van der Waals surface area contributed by atoms with Crippen molar-refractivity contribution in [1.82, 2.24) is 5.32 Å². The normalized spacial score (nSPS) is 31.6. The summed E-state index contributed by atoms with van der Waals surface area (Å²) in [4.78, 5) is 0. The van der Waals surface area contributed by atoms with Gasteiger partial charge in [-0.25, -0.2) is 0 Å². The zero-order valence-corrected chi connectivity index (χ0v) is 12.3. The predicted molar refractivity (Wildman–Crippen MR) is 78.6 cm³/mol. The van der Waals surface area contributed by atoms with Gasteiger partial charge in [0.2, 0.25) is 0 Å². The van der Waals surface area contributed by atoms with Crippen LogP contribution in [0.5, 0.6) is 5.75 Å². The van der Waals surface area contributed by atoms with Crippen molar-refractivity contribution >= 4 is 0 Å². The molecule has 104 valence electrons. The number of benzene rings is 1. The highest BCUT2D eigenvalue weighted by Gasteiger charge is 2.45.